The van der Waals surface area contributed by atoms with Crippen molar-refractivity contribution in [2.75, 3.05) is 11.9 Å². The summed E-state index contributed by atoms with van der Waals surface area (Å²) in [5.41, 5.74) is 1.39. The minimum Gasteiger partial charge on any atom is -0.359 e. The Kier molecular flexibility index (Phi) is 7.08. The van der Waals surface area contributed by atoms with Crippen molar-refractivity contribution in [1.82, 2.24) is 20.2 Å². The Morgan fingerprint density at radius 2 is 2.03 bits per heavy atom. The van der Waals surface area contributed by atoms with Crippen LogP contribution in [0.3, 0.4) is 0 Å². The molecule has 7 nitrogen and oxygen atoms in total. The lowest BCUT2D eigenvalue weighted by atomic mass is 10.1. The highest BCUT2D eigenvalue weighted by Gasteiger charge is 2.39. The fraction of sp³-hybridized carbons (Fsp3) is 0.583. The minimum atomic E-state index is -4.39. The summed E-state index contributed by atoms with van der Waals surface area (Å²) in [4.78, 5) is 37.2. The fourth-order valence-corrected chi connectivity index (χ4v) is 5.37. The average Bonchev–Trinajstić information content (AvgIpc) is 3.16. The van der Waals surface area contributed by atoms with Crippen molar-refractivity contribution in [3.63, 3.8) is 0 Å². The molecule has 11 heteroatoms. The monoisotopic (exact) mass is 509 g/mol. The topological polar surface area (TPSA) is 87.2 Å². The first-order chi connectivity index (χ1) is 16.5. The quantitative estimate of drug-likeness (QED) is 0.547. The smallest absolute Gasteiger partial charge is 0.359 e. The number of carbonyl (C=O) groups excluding carboxylic acids is 2. The molecule has 0 spiro atoms. The van der Waals surface area contributed by atoms with Crippen molar-refractivity contribution < 1.29 is 22.8 Å². The van der Waals surface area contributed by atoms with Crippen molar-refractivity contribution >= 4 is 29.0 Å². The van der Waals surface area contributed by atoms with Crippen LogP contribution in [0.15, 0.2) is 12.3 Å². The summed E-state index contributed by atoms with van der Waals surface area (Å²) in [6, 6.07) is 0.00166. The maximum absolute atomic E-state index is 13.4. The maximum atomic E-state index is 13.4. The van der Waals surface area contributed by atoms with Gasteiger partial charge in [-0.3, -0.25) is 9.59 Å². The van der Waals surface area contributed by atoms with Gasteiger partial charge in [0.15, 0.2) is 5.01 Å². The number of thiazole rings is 1. The molecule has 0 aromatic carbocycles. The third kappa shape index (κ3) is 5.44. The van der Waals surface area contributed by atoms with Gasteiger partial charge >= 0.3 is 6.18 Å². The van der Waals surface area contributed by atoms with Crippen LogP contribution >= 0.6 is 11.3 Å². The van der Waals surface area contributed by atoms with Gasteiger partial charge in [0.1, 0.15) is 17.6 Å². The maximum Gasteiger partial charge on any atom is 0.408 e. The predicted octanol–water partition coefficient (Wildman–Crippen LogP) is 5.03. The third-order valence-corrected chi connectivity index (χ3v) is 7.83. The molecule has 1 saturated heterocycles. The molecule has 1 saturated carbocycles. The molecule has 0 unspecified atom stereocenters. The van der Waals surface area contributed by atoms with Gasteiger partial charge in [-0.1, -0.05) is 13.8 Å². The van der Waals surface area contributed by atoms with Crippen LogP contribution in [-0.4, -0.2) is 57.5 Å². The summed E-state index contributed by atoms with van der Waals surface area (Å²) in [6.45, 7) is 7.85. The van der Waals surface area contributed by atoms with Crippen LogP contribution in [0.1, 0.15) is 72.3 Å². The molecule has 35 heavy (non-hydrogen) atoms. The average molecular weight is 510 g/mol. The highest BCUT2D eigenvalue weighted by Crippen LogP contribution is 2.36. The number of nitrogens with zero attached hydrogens (tertiary/aromatic N) is 3. The van der Waals surface area contributed by atoms with Crippen LogP contribution < -0.4 is 10.6 Å². The Hall–Kier alpha value is -2.69. The van der Waals surface area contributed by atoms with Gasteiger partial charge in [-0.15, -0.1) is 11.3 Å². The molecule has 2 amide bonds. The fourth-order valence-electron chi connectivity index (χ4n) is 4.34. The largest absolute Gasteiger partial charge is 0.408 e. The van der Waals surface area contributed by atoms with Crippen LogP contribution in [0.5, 0.6) is 0 Å². The third-order valence-electron chi connectivity index (χ3n) is 6.74. The van der Waals surface area contributed by atoms with Crippen molar-refractivity contribution in [3.8, 4) is 10.4 Å². The first kappa shape index (κ1) is 25.4. The molecule has 190 valence electrons. The number of aryl methyl sites for hydroxylation is 1. The molecule has 3 heterocycles. The Morgan fingerprint density at radius 1 is 1.31 bits per heavy atom. The molecule has 1 aliphatic heterocycles. The summed E-state index contributed by atoms with van der Waals surface area (Å²) in [5.74, 6) is -0.0504. The number of carbonyl (C=O) groups is 2. The zero-order valence-corrected chi connectivity index (χ0v) is 21.0. The molecule has 2 aliphatic rings. The Morgan fingerprint density at radius 3 is 2.57 bits per heavy atom. The van der Waals surface area contributed by atoms with Gasteiger partial charge in [0, 0.05) is 30.4 Å². The van der Waals surface area contributed by atoms with E-state index in [2.05, 4.69) is 27.5 Å². The number of nitrogens with one attached hydrogen (secondary N) is 2. The highest BCUT2D eigenvalue weighted by atomic mass is 32.1. The van der Waals surface area contributed by atoms with Crippen LogP contribution in [0.25, 0.3) is 10.4 Å². The number of hydrogen-bond acceptors (Lipinski definition) is 6. The number of anilines is 1. The number of hydrogen-bond donors (Lipinski definition) is 2. The Labute approximate surface area is 206 Å². The van der Waals surface area contributed by atoms with Crippen LogP contribution in [-0.2, 0) is 0 Å². The van der Waals surface area contributed by atoms with Crippen molar-refractivity contribution in [3.05, 3.63) is 28.5 Å². The van der Waals surface area contributed by atoms with E-state index in [1.807, 2.05) is 6.92 Å². The first-order valence-corrected chi connectivity index (χ1v) is 12.7. The van der Waals surface area contributed by atoms with E-state index >= 15 is 0 Å². The molecule has 0 radical (unpaired) electrons. The lowest BCUT2D eigenvalue weighted by Crippen LogP contribution is -2.35. The molecule has 2 aromatic heterocycles. The molecule has 4 atom stereocenters. The second-order valence-corrected chi connectivity index (χ2v) is 10.5. The molecule has 2 N–H and O–H groups in total. The molecule has 4 rings (SSSR count). The number of halogens is 3. The van der Waals surface area contributed by atoms with E-state index < -0.39 is 12.2 Å². The zero-order valence-electron chi connectivity index (χ0n) is 20.2. The van der Waals surface area contributed by atoms with E-state index in [1.165, 1.54) is 19.2 Å². The molecular formula is C24H30F3N5O2S. The normalized spacial score (nSPS) is 22.7. The van der Waals surface area contributed by atoms with Crippen molar-refractivity contribution in [2.24, 2.45) is 5.92 Å². The van der Waals surface area contributed by atoms with Gasteiger partial charge < -0.3 is 15.5 Å². The summed E-state index contributed by atoms with van der Waals surface area (Å²) in [6.07, 6.45) is -0.368. The van der Waals surface area contributed by atoms with Gasteiger partial charge in [-0.2, -0.15) is 13.2 Å². The summed E-state index contributed by atoms with van der Waals surface area (Å²) in [5, 5.41) is 5.59. The molecule has 1 aliphatic carbocycles. The van der Waals surface area contributed by atoms with E-state index in [9.17, 15) is 22.8 Å². The number of likely N-dealkylation sites (tertiary alicyclic amines) is 1. The highest BCUT2D eigenvalue weighted by molar-refractivity contribution is 7.17. The van der Waals surface area contributed by atoms with Gasteiger partial charge in [-0.25, -0.2) is 9.97 Å². The second-order valence-electron chi connectivity index (χ2n) is 9.51. The standard InChI is InChI=1S/C24H30F3N5O2S/c1-5-17(24(25,26)27)30-18-10-12(2)15(11-28-18)20-19(23(34)32-8-6-7-14(32)4)31-22(35-20)21(33)29-16-9-13(16)3/h10-11,13-14,16-17H,5-9H2,1-4H3,(H,28,30)(H,29,33)/t13-,14-,16+,17-/m0/s1. The van der Waals surface area contributed by atoms with Crippen LogP contribution in [0.4, 0.5) is 19.0 Å². The van der Waals surface area contributed by atoms with Crippen LogP contribution in [0.2, 0.25) is 0 Å². The molecule has 2 aromatic rings. The lowest BCUT2D eigenvalue weighted by molar-refractivity contribution is -0.142. The first-order valence-electron chi connectivity index (χ1n) is 11.9. The lowest BCUT2D eigenvalue weighted by Gasteiger charge is -2.22. The molecule has 0 bridgehead atoms. The van der Waals surface area contributed by atoms with Gasteiger partial charge in [0.2, 0.25) is 0 Å². The van der Waals surface area contributed by atoms with E-state index in [0.717, 1.165) is 30.6 Å². The molecule has 2 fully saturated rings. The summed E-state index contributed by atoms with van der Waals surface area (Å²) >= 11 is 1.11. The number of alkyl halides is 3. The molecular weight excluding hydrogens is 479 g/mol. The zero-order chi connectivity index (χ0) is 25.5. The van der Waals surface area contributed by atoms with Gasteiger partial charge in [0.05, 0.1) is 4.88 Å². The number of pyridine rings is 1. The van der Waals surface area contributed by atoms with Crippen molar-refractivity contribution in [1.29, 1.82) is 0 Å². The Balaban J connectivity index is 1.67. The summed E-state index contributed by atoms with van der Waals surface area (Å²) < 4.78 is 39.6. The SMILES string of the molecule is CC[C@H](Nc1cc(C)c(-c2sc(C(=O)N[C@@H]3C[C@@H]3C)nc2C(=O)N2CCC[C@@H]2C)cn1)C(F)(F)F. The van der Waals surface area contributed by atoms with Gasteiger partial charge in [0.25, 0.3) is 11.8 Å². The van der Waals surface area contributed by atoms with E-state index in [0.29, 0.717) is 28.5 Å². The van der Waals surface area contributed by atoms with E-state index in [-0.39, 0.29) is 46.8 Å². The van der Waals surface area contributed by atoms with E-state index in [1.54, 1.807) is 11.8 Å². The summed E-state index contributed by atoms with van der Waals surface area (Å²) in [7, 11) is 0. The number of rotatable bonds is 7. The van der Waals surface area contributed by atoms with E-state index in [4.69, 9.17) is 0 Å². The van der Waals surface area contributed by atoms with Crippen LogP contribution in [0, 0.1) is 12.8 Å². The van der Waals surface area contributed by atoms with Crippen molar-refractivity contribution in [2.45, 2.75) is 77.7 Å². The second kappa shape index (κ2) is 9.75. The Bertz CT molecular complexity index is 1120. The number of amides is 2. The minimum absolute atomic E-state index is 0.0702. The predicted molar refractivity (Wildman–Crippen MR) is 129 cm³/mol. The number of aromatic nitrogens is 2. The van der Waals surface area contributed by atoms with Gasteiger partial charge in [-0.05, 0) is 57.1 Å².